The lowest BCUT2D eigenvalue weighted by Gasteiger charge is -2.41. The number of ether oxygens (including phenoxy) is 3. The molecule has 0 spiro atoms. The highest BCUT2D eigenvalue weighted by molar-refractivity contribution is 5.89. The van der Waals surface area contributed by atoms with Crippen LogP contribution in [0.25, 0.3) is 0 Å². The number of hydrogen-bond acceptors (Lipinski definition) is 7. The van der Waals surface area contributed by atoms with Gasteiger partial charge in [0.05, 0.1) is 11.6 Å². The van der Waals surface area contributed by atoms with Crippen molar-refractivity contribution in [3.05, 3.63) is 35.9 Å². The number of esters is 1. The second-order valence-electron chi connectivity index (χ2n) is 5.17. The van der Waals surface area contributed by atoms with Gasteiger partial charge in [-0.15, -0.1) is 0 Å². The number of aliphatic hydroxyl groups is 2. The molecule has 0 radical (unpaired) electrons. The number of benzene rings is 1. The Balaban J connectivity index is 1.78. The molecule has 1 heterocycles. The maximum Gasteiger partial charge on any atom is 0.338 e. The van der Waals surface area contributed by atoms with E-state index in [-0.39, 0.29) is 6.79 Å². The second kappa shape index (κ2) is 5.70. The van der Waals surface area contributed by atoms with Gasteiger partial charge in [0.2, 0.25) is 0 Å². The molecule has 3 rings (SSSR count). The molecule has 7 heteroatoms. The number of aliphatic hydroxyl groups excluding tert-OH is 2. The van der Waals surface area contributed by atoms with Crippen molar-refractivity contribution in [1.29, 1.82) is 0 Å². The molecule has 6 atom stereocenters. The highest BCUT2D eigenvalue weighted by Crippen LogP contribution is 2.31. The Morgan fingerprint density at radius 2 is 1.81 bits per heavy atom. The summed E-state index contributed by atoms with van der Waals surface area (Å²) in [5.74, 6) is -0.586. The lowest BCUT2D eigenvalue weighted by Crippen LogP contribution is -2.66. The van der Waals surface area contributed by atoms with Gasteiger partial charge >= 0.3 is 5.97 Å². The third-order valence-corrected chi connectivity index (χ3v) is 3.88. The number of rotatable bonds is 2. The maximum atomic E-state index is 12.1. The topological polar surface area (TPSA) is 111 Å². The standard InChI is InChI=1S/C14H17NO6/c15-8-9(16)11-13(20-6-19-11)12(10(8)17)21-14(18)7-4-2-1-3-5-7/h1-5,8-13,16-17H,6,15H2/t8-,9+,10-,11-,12+,13-/m0/s1. The molecule has 1 aliphatic heterocycles. The lowest BCUT2D eigenvalue weighted by atomic mass is 9.83. The van der Waals surface area contributed by atoms with Gasteiger partial charge in [-0.2, -0.15) is 0 Å². The fraction of sp³-hybridized carbons (Fsp3) is 0.500. The summed E-state index contributed by atoms with van der Waals surface area (Å²) in [5, 5.41) is 20.1. The zero-order valence-electron chi connectivity index (χ0n) is 11.2. The van der Waals surface area contributed by atoms with Crippen LogP contribution in [0.5, 0.6) is 0 Å². The van der Waals surface area contributed by atoms with Crippen molar-refractivity contribution >= 4 is 5.97 Å². The first kappa shape index (κ1) is 14.4. The molecule has 1 aromatic carbocycles. The van der Waals surface area contributed by atoms with Crippen molar-refractivity contribution in [2.75, 3.05) is 6.79 Å². The molecule has 1 saturated heterocycles. The average Bonchev–Trinajstić information content (AvgIpc) is 2.99. The number of fused-ring (bicyclic) bond motifs is 1. The normalized spacial score (nSPS) is 38.8. The number of carbonyl (C=O) groups excluding carboxylic acids is 1. The summed E-state index contributed by atoms with van der Waals surface area (Å²) < 4.78 is 15.9. The first-order chi connectivity index (χ1) is 10.1. The maximum absolute atomic E-state index is 12.1. The van der Waals surface area contributed by atoms with Crippen molar-refractivity contribution < 1.29 is 29.2 Å². The molecule has 7 nitrogen and oxygen atoms in total. The molecule has 0 aromatic heterocycles. The van der Waals surface area contributed by atoms with Gasteiger partial charge in [0.1, 0.15) is 31.2 Å². The first-order valence-corrected chi connectivity index (χ1v) is 6.70. The van der Waals surface area contributed by atoms with Gasteiger partial charge in [0, 0.05) is 0 Å². The second-order valence-corrected chi connectivity index (χ2v) is 5.17. The molecule has 114 valence electrons. The third kappa shape index (κ3) is 2.54. The summed E-state index contributed by atoms with van der Waals surface area (Å²) in [5.41, 5.74) is 6.12. The van der Waals surface area contributed by atoms with E-state index < -0.39 is 42.5 Å². The zero-order valence-corrected chi connectivity index (χ0v) is 11.2. The molecule has 2 fully saturated rings. The summed E-state index contributed by atoms with van der Waals surface area (Å²) in [6.07, 6.45) is -4.72. The molecule has 0 amide bonds. The summed E-state index contributed by atoms with van der Waals surface area (Å²) in [6, 6.07) is 7.44. The lowest BCUT2D eigenvalue weighted by molar-refractivity contribution is -0.146. The monoisotopic (exact) mass is 295 g/mol. The SMILES string of the molecule is N[C@H]1[C@@H](O)[C@@H]2OCO[C@@H]2[C@H](OC(=O)c2ccccc2)[C@H]1O. The largest absolute Gasteiger partial charge is 0.453 e. The van der Waals surface area contributed by atoms with E-state index in [1.54, 1.807) is 30.3 Å². The minimum absolute atomic E-state index is 0.0365. The summed E-state index contributed by atoms with van der Waals surface area (Å²) in [6.45, 7) is -0.0365. The summed E-state index contributed by atoms with van der Waals surface area (Å²) in [4.78, 5) is 12.1. The molecular formula is C14H17NO6. The Labute approximate surface area is 121 Å². The Bertz CT molecular complexity index is 509. The van der Waals surface area contributed by atoms with Crippen LogP contribution in [0.15, 0.2) is 30.3 Å². The molecule has 2 aliphatic rings. The van der Waals surface area contributed by atoms with Gasteiger partial charge in [-0.1, -0.05) is 18.2 Å². The summed E-state index contributed by atoms with van der Waals surface area (Å²) >= 11 is 0. The molecule has 1 saturated carbocycles. The van der Waals surface area contributed by atoms with Crippen LogP contribution in [0.3, 0.4) is 0 Å². The number of hydrogen-bond donors (Lipinski definition) is 3. The van der Waals surface area contributed by atoms with Crippen LogP contribution < -0.4 is 5.73 Å². The summed E-state index contributed by atoms with van der Waals surface area (Å²) in [7, 11) is 0. The van der Waals surface area contributed by atoms with Crippen LogP contribution in [0.2, 0.25) is 0 Å². The van der Waals surface area contributed by atoms with Crippen molar-refractivity contribution in [2.45, 2.75) is 36.6 Å². The minimum atomic E-state index is -1.23. The Hall–Kier alpha value is -1.51. The van der Waals surface area contributed by atoms with Gasteiger partial charge in [-0.05, 0) is 12.1 Å². The van der Waals surface area contributed by atoms with Gasteiger partial charge in [0.25, 0.3) is 0 Å². The van der Waals surface area contributed by atoms with Crippen LogP contribution in [-0.4, -0.2) is 59.5 Å². The van der Waals surface area contributed by atoms with E-state index >= 15 is 0 Å². The predicted molar refractivity (Wildman–Crippen MR) is 70.2 cm³/mol. The molecule has 0 unspecified atom stereocenters. The predicted octanol–water partition coefficient (Wildman–Crippen LogP) is -0.984. The molecule has 1 aliphatic carbocycles. The van der Waals surface area contributed by atoms with Crippen LogP contribution in [0, 0.1) is 0 Å². The van der Waals surface area contributed by atoms with Crippen molar-refractivity contribution in [3.63, 3.8) is 0 Å². The molecule has 0 bridgehead atoms. The number of nitrogens with two attached hydrogens (primary N) is 1. The fourth-order valence-corrected chi connectivity index (χ4v) is 2.70. The molecule has 1 aromatic rings. The van der Waals surface area contributed by atoms with E-state index in [0.29, 0.717) is 5.56 Å². The fourth-order valence-electron chi connectivity index (χ4n) is 2.70. The van der Waals surface area contributed by atoms with E-state index in [1.165, 1.54) is 0 Å². The highest BCUT2D eigenvalue weighted by atomic mass is 16.7. The Kier molecular flexibility index (Phi) is 3.92. The van der Waals surface area contributed by atoms with Crippen LogP contribution in [-0.2, 0) is 14.2 Å². The molecule has 4 N–H and O–H groups in total. The van der Waals surface area contributed by atoms with Crippen molar-refractivity contribution in [3.8, 4) is 0 Å². The van der Waals surface area contributed by atoms with E-state index in [4.69, 9.17) is 19.9 Å². The highest BCUT2D eigenvalue weighted by Gasteiger charge is 2.54. The van der Waals surface area contributed by atoms with E-state index in [1.807, 2.05) is 0 Å². The van der Waals surface area contributed by atoms with Crippen LogP contribution >= 0.6 is 0 Å². The van der Waals surface area contributed by atoms with Gasteiger partial charge < -0.3 is 30.2 Å². The minimum Gasteiger partial charge on any atom is -0.453 e. The zero-order chi connectivity index (χ0) is 15.0. The van der Waals surface area contributed by atoms with Gasteiger partial charge in [-0.25, -0.2) is 4.79 Å². The van der Waals surface area contributed by atoms with Crippen molar-refractivity contribution in [2.24, 2.45) is 5.73 Å². The third-order valence-electron chi connectivity index (χ3n) is 3.88. The van der Waals surface area contributed by atoms with E-state index in [2.05, 4.69) is 0 Å². The Morgan fingerprint density at radius 3 is 2.52 bits per heavy atom. The van der Waals surface area contributed by atoms with Gasteiger partial charge in [-0.3, -0.25) is 0 Å². The van der Waals surface area contributed by atoms with Crippen LogP contribution in [0.4, 0.5) is 0 Å². The van der Waals surface area contributed by atoms with E-state index in [0.717, 1.165) is 0 Å². The van der Waals surface area contributed by atoms with Gasteiger partial charge in [0.15, 0.2) is 6.10 Å². The smallest absolute Gasteiger partial charge is 0.338 e. The van der Waals surface area contributed by atoms with Crippen molar-refractivity contribution in [1.82, 2.24) is 0 Å². The molecule has 21 heavy (non-hydrogen) atoms. The quantitative estimate of drug-likeness (QED) is 0.601. The molecular weight excluding hydrogens is 278 g/mol. The number of carbonyl (C=O) groups is 1. The first-order valence-electron chi connectivity index (χ1n) is 6.70. The van der Waals surface area contributed by atoms with Crippen LogP contribution in [0.1, 0.15) is 10.4 Å². The Morgan fingerprint density at radius 1 is 1.14 bits per heavy atom. The average molecular weight is 295 g/mol. The van der Waals surface area contributed by atoms with E-state index in [9.17, 15) is 15.0 Å².